The van der Waals surface area contributed by atoms with Crippen LogP contribution in [0.5, 0.6) is 11.5 Å². The number of ketones is 1. The van der Waals surface area contributed by atoms with E-state index in [-0.39, 0.29) is 31.4 Å². The second kappa shape index (κ2) is 4.05. The van der Waals surface area contributed by atoms with Crippen LogP contribution in [-0.2, 0) is 16.6 Å². The van der Waals surface area contributed by atoms with Crippen LogP contribution in [0.2, 0.25) is 0 Å². The number of hydrogen-bond acceptors (Lipinski definition) is 4. The van der Waals surface area contributed by atoms with Crippen molar-refractivity contribution < 1.29 is 30.7 Å². The first-order valence-corrected chi connectivity index (χ1v) is 7.21. The van der Waals surface area contributed by atoms with Crippen LogP contribution in [-0.4, -0.2) is 43.4 Å². The van der Waals surface area contributed by atoms with Gasteiger partial charge in [0, 0.05) is 31.7 Å². The molecule has 0 amide bonds. The second-order valence-corrected chi connectivity index (χ2v) is 6.04. The van der Waals surface area contributed by atoms with Crippen LogP contribution < -0.4 is 9.47 Å². The predicted molar refractivity (Wildman–Crippen MR) is 81.6 cm³/mol. The number of piperidine rings is 1. The Bertz CT molecular complexity index is 1130. The van der Waals surface area contributed by atoms with Crippen LogP contribution in [0.1, 0.15) is 46.8 Å². The second-order valence-electron chi connectivity index (χ2n) is 6.04. The third-order valence-corrected chi connectivity index (χ3v) is 5.18. The van der Waals surface area contributed by atoms with Gasteiger partial charge in [-0.25, -0.2) is 0 Å². The zero-order chi connectivity index (χ0) is 25.4. The topological polar surface area (TPSA) is 38.8 Å². The highest BCUT2D eigenvalue weighted by atomic mass is 16.5. The molecule has 2 aliphatic heterocycles. The fourth-order valence-corrected chi connectivity index (χ4v) is 4.31. The predicted octanol–water partition coefficient (Wildman–Crippen LogP) is 1.93. The van der Waals surface area contributed by atoms with Gasteiger partial charge in [0.2, 0.25) is 0 Å². The van der Waals surface area contributed by atoms with E-state index in [4.69, 9.17) is 24.6 Å². The summed E-state index contributed by atoms with van der Waals surface area (Å²) in [7, 11) is -3.08. The average molecular weight is 311 g/mol. The molecular formula is C18H21NO3. The lowest BCUT2D eigenvalue weighted by atomic mass is 9.52. The van der Waals surface area contributed by atoms with E-state index >= 15 is 0 Å². The van der Waals surface area contributed by atoms with Crippen molar-refractivity contribution in [3.63, 3.8) is 0 Å². The molecule has 4 heteroatoms. The standard InChI is InChI=1S/C18H21NO3/c1-19-8-7-18-11-4-5-13(20)17(18)22-16-14(21-2)6-3-10(15(16)18)9-12(11)19/h3,6,11-12,17H,4-5,7-9H2,1-2H3/t11-,12+,17?,18-/m0/s1/i1D3,2D3,3D,6D,9D2,11D,17D. The minimum absolute atomic E-state index is 0.197. The highest BCUT2D eigenvalue weighted by molar-refractivity contribution is 5.89. The molecule has 2 fully saturated rings. The summed E-state index contributed by atoms with van der Waals surface area (Å²) in [6.45, 7) is -3.10. The molecule has 1 saturated heterocycles. The van der Waals surface area contributed by atoms with E-state index in [1.807, 2.05) is 0 Å². The van der Waals surface area contributed by atoms with Gasteiger partial charge in [-0.2, -0.15) is 0 Å². The first kappa shape index (κ1) is 5.82. The van der Waals surface area contributed by atoms with Crippen LogP contribution in [0, 0.1) is 5.89 Å². The largest absolute Gasteiger partial charge is 0.493 e. The van der Waals surface area contributed by atoms with E-state index in [1.165, 1.54) is 0 Å². The number of nitrogens with zero attached hydrogens (tertiary/aromatic N) is 1. The Kier molecular flexibility index (Phi) is 1.07. The van der Waals surface area contributed by atoms with Gasteiger partial charge in [0.25, 0.3) is 0 Å². The Labute approximate surface area is 147 Å². The lowest BCUT2D eigenvalue weighted by Crippen LogP contribution is -2.65. The number of ether oxygens (including phenoxy) is 2. The van der Waals surface area contributed by atoms with Gasteiger partial charge in [-0.1, -0.05) is 6.04 Å². The number of rotatable bonds is 1. The molecule has 0 radical (unpaired) electrons. The monoisotopic (exact) mass is 311 g/mol. The number of benzene rings is 1. The molecule has 4 atom stereocenters. The molecule has 5 rings (SSSR count). The molecule has 1 unspecified atom stereocenters. The Morgan fingerprint density at radius 3 is 3.45 bits per heavy atom. The first-order chi connectivity index (χ1) is 15.3. The summed E-state index contributed by atoms with van der Waals surface area (Å²) in [5, 5.41) is 0. The van der Waals surface area contributed by atoms with Gasteiger partial charge in [0.15, 0.2) is 23.4 Å². The number of Topliss-reactive ketones (excluding diaryl/α,β-unsaturated/α-hetero) is 1. The van der Waals surface area contributed by atoms with Gasteiger partial charge in [0.05, 0.1) is 15.3 Å². The van der Waals surface area contributed by atoms with Crippen LogP contribution >= 0.6 is 0 Å². The molecule has 4 nitrogen and oxygen atoms in total. The first-order valence-electron chi connectivity index (χ1n) is 13.2. The maximum absolute atomic E-state index is 13.1. The van der Waals surface area contributed by atoms with E-state index in [9.17, 15) is 6.17 Å². The normalized spacial score (nSPS) is 56.5. The summed E-state index contributed by atoms with van der Waals surface area (Å²) in [5.41, 5.74) is -2.54. The van der Waals surface area contributed by atoms with Crippen molar-refractivity contribution in [1.82, 2.24) is 4.90 Å². The van der Waals surface area contributed by atoms with Crippen LogP contribution in [0.4, 0.5) is 0 Å². The summed E-state index contributed by atoms with van der Waals surface area (Å²) in [5.74, 6) is -3.98. The van der Waals surface area contributed by atoms with E-state index in [0.29, 0.717) is 0 Å². The van der Waals surface area contributed by atoms with Gasteiger partial charge in [-0.15, -0.1) is 0 Å². The van der Waals surface area contributed by atoms with Crippen molar-refractivity contribution >= 4 is 5.78 Å². The van der Waals surface area contributed by atoms with Gasteiger partial charge in [0.1, 0.15) is 0 Å². The third kappa shape index (κ3) is 1.27. The van der Waals surface area contributed by atoms with Crippen molar-refractivity contribution in [3.05, 3.63) is 23.2 Å². The molecule has 0 aromatic heterocycles. The van der Waals surface area contributed by atoms with Crippen molar-refractivity contribution in [2.75, 3.05) is 20.6 Å². The average Bonchev–Trinajstić information content (AvgIpc) is 2.93. The Morgan fingerprint density at radius 2 is 2.59 bits per heavy atom. The molecule has 1 saturated carbocycles. The van der Waals surface area contributed by atoms with Gasteiger partial charge in [-0.3, -0.25) is 4.79 Å². The molecular weight excluding hydrogens is 278 g/mol. The summed E-state index contributed by atoms with van der Waals surface area (Å²) in [4.78, 5) is 14.0. The molecule has 1 aromatic carbocycles. The molecule has 2 heterocycles. The maximum Gasteiger partial charge on any atom is 0.174 e. The summed E-state index contributed by atoms with van der Waals surface area (Å²) in [6, 6.07) is -3.26. The van der Waals surface area contributed by atoms with E-state index < -0.39 is 78.7 Å². The number of likely N-dealkylation sites (N-methyl/N-ethyl adjacent to an activating group) is 1. The van der Waals surface area contributed by atoms with Crippen LogP contribution in [0.15, 0.2) is 12.1 Å². The summed E-state index contributed by atoms with van der Waals surface area (Å²) in [6.07, 6.45) is -6.02. The van der Waals surface area contributed by atoms with E-state index in [2.05, 4.69) is 0 Å². The molecule has 4 aliphatic rings. The quantitative estimate of drug-likeness (QED) is 0.794. The van der Waals surface area contributed by atoms with Crippen molar-refractivity contribution in [2.45, 2.75) is 43.2 Å². The number of carbonyl (C=O) groups is 1. The van der Waals surface area contributed by atoms with E-state index in [0.717, 1.165) is 4.90 Å². The Balaban J connectivity index is 1.95. The molecule has 0 N–H and O–H groups in total. The van der Waals surface area contributed by atoms with Crippen molar-refractivity contribution in [1.29, 1.82) is 0 Å². The highest BCUT2D eigenvalue weighted by Crippen LogP contribution is 2.62. The number of likely N-dealkylation sites (tertiary alicyclic amines) is 1. The zero-order valence-corrected chi connectivity index (χ0v) is 11.6. The smallest absolute Gasteiger partial charge is 0.174 e. The Morgan fingerprint density at radius 1 is 1.64 bits per heavy atom. The highest BCUT2D eigenvalue weighted by Gasteiger charge is 2.65. The number of hydrogen-bond donors (Lipinski definition) is 0. The number of methoxy groups -OCH3 is 1. The SMILES string of the molecule is [2H]c1c([2H])c2c3c(c1OC([2H])([2H])[2H])OC1([2H])C(=O)CC[C@@]4([2H])[C@H](N(C([2H])([2H])[2H])CC[C@]314)C2([2H])[2H]. The minimum atomic E-state index is -3.08. The molecule has 2 aliphatic carbocycles. The van der Waals surface area contributed by atoms with Gasteiger partial charge >= 0.3 is 0 Å². The number of carbonyl (C=O) groups excluding carboxylic acids is 1. The van der Waals surface area contributed by atoms with Gasteiger partial charge in [-0.05, 0) is 50.2 Å². The van der Waals surface area contributed by atoms with E-state index in [1.54, 1.807) is 0 Å². The molecule has 2 bridgehead atoms. The van der Waals surface area contributed by atoms with Crippen molar-refractivity contribution in [2.24, 2.45) is 5.89 Å². The Hall–Kier alpha value is -1.55. The molecule has 1 spiro atoms. The van der Waals surface area contributed by atoms with Crippen molar-refractivity contribution in [3.8, 4) is 11.5 Å². The maximum atomic E-state index is 13.1. The summed E-state index contributed by atoms with van der Waals surface area (Å²) >= 11 is 0. The molecule has 1 aromatic rings. The van der Waals surface area contributed by atoms with Crippen LogP contribution in [0.3, 0.4) is 0 Å². The summed E-state index contributed by atoms with van der Waals surface area (Å²) < 4.78 is 110. The lowest BCUT2D eigenvalue weighted by molar-refractivity contribution is -0.138. The van der Waals surface area contributed by atoms with Gasteiger partial charge < -0.3 is 14.4 Å². The van der Waals surface area contributed by atoms with Crippen LogP contribution in [0.25, 0.3) is 0 Å². The fourth-order valence-electron chi connectivity index (χ4n) is 4.31. The zero-order valence-electron chi connectivity index (χ0n) is 23.6. The lowest BCUT2D eigenvalue weighted by Gasteiger charge is -2.57. The minimum Gasteiger partial charge on any atom is -0.493 e. The third-order valence-electron chi connectivity index (χ3n) is 5.18. The molecule has 22 heavy (non-hydrogen) atoms. The fraction of sp³-hybridized carbons (Fsp3) is 0.611. The molecule has 116 valence electrons.